The van der Waals surface area contributed by atoms with E-state index in [4.69, 9.17) is 46.9 Å². The monoisotopic (exact) mass is 1550 g/mol. The van der Waals surface area contributed by atoms with Crippen LogP contribution >= 0.6 is 23.2 Å². The Bertz CT molecular complexity index is 4720. The molecular formula is C77H80Cl2N8O23. The molecule has 0 unspecified atom stereocenters. The lowest BCUT2D eigenvalue weighted by Gasteiger charge is -2.42. The molecule has 18 N–H and O–H groups in total. The number of phenols is 5. The Hall–Kier alpha value is -11.2. The van der Waals surface area contributed by atoms with Crippen molar-refractivity contribution < 1.29 is 113 Å². The molecule has 7 heterocycles. The molecule has 110 heavy (non-hydrogen) atoms. The lowest BCUT2D eigenvalue weighted by molar-refractivity contribution is -0.244. The number of hydrogen-bond donors (Lipinski definition) is 18. The molecule has 1 fully saturated rings. The first-order valence-corrected chi connectivity index (χ1v) is 36.3. The maximum atomic E-state index is 16.4. The SMILES string of the molecule is CCCCCCCCCCCC(=O)N[C@H]1[C@H](Oc2c3cc4cc2Oc2ccc(cc2Cl)[C@@H](O)[C@@H]2NC(=O)[C@H](NC(=O)[C@@H]4NC(=O)[C@H]4NC(=O)[C@@H](Cc5ccc(cc5)O3)NC(=O)[C@H](NC)c3ccc(O)c(c3)Oc3cc(O)c(Cl)c4c3)c3ccc(O)c(c3)-c3c(O)cc(O)cc3[C@H](C(=O)O)NC2=O)O[C@H](CO)[C@@H](O)[C@@H]1O. The number of aromatic hydroxyl groups is 5. The highest BCUT2D eigenvalue weighted by Crippen LogP contribution is 2.50. The number of unbranched alkanes of at least 4 members (excludes halogenated alkanes) is 8. The number of carboxylic acid groups (broad SMARTS) is 1. The molecular weight excluding hydrogens is 1480 g/mol. The van der Waals surface area contributed by atoms with Crippen molar-refractivity contribution in [2.24, 2.45) is 0 Å². The molecule has 0 aliphatic carbocycles. The molecule has 580 valence electrons. The molecule has 17 bridgehead atoms. The highest BCUT2D eigenvalue weighted by molar-refractivity contribution is 6.33. The van der Waals surface area contributed by atoms with E-state index in [-0.39, 0.29) is 52.5 Å². The van der Waals surface area contributed by atoms with Crippen molar-refractivity contribution >= 4 is 70.5 Å². The molecule has 7 aliphatic rings. The van der Waals surface area contributed by atoms with Crippen LogP contribution in [0.15, 0.2) is 115 Å². The van der Waals surface area contributed by atoms with E-state index >= 15 is 19.2 Å². The Labute approximate surface area is 637 Å². The molecule has 13 atom stereocenters. The van der Waals surface area contributed by atoms with E-state index in [1.807, 2.05) is 0 Å². The number of rotatable bonds is 16. The average Bonchev–Trinajstić information content (AvgIpc) is 0.773. The largest absolute Gasteiger partial charge is 0.508 e. The van der Waals surface area contributed by atoms with Crippen molar-refractivity contribution in [2.45, 2.75) is 157 Å². The number of halogens is 2. The Kier molecular flexibility index (Phi) is 24.1. The van der Waals surface area contributed by atoms with Gasteiger partial charge in [-0.2, -0.15) is 0 Å². The van der Waals surface area contributed by atoms with Crippen LogP contribution in [0.5, 0.6) is 69.0 Å². The number of nitrogens with one attached hydrogen (secondary N) is 8. The van der Waals surface area contributed by atoms with Crippen molar-refractivity contribution in [3.63, 3.8) is 0 Å². The van der Waals surface area contributed by atoms with Crippen molar-refractivity contribution in [1.29, 1.82) is 0 Å². The van der Waals surface area contributed by atoms with Crippen LogP contribution in [0.2, 0.25) is 10.0 Å². The van der Waals surface area contributed by atoms with Gasteiger partial charge in [0.25, 0.3) is 0 Å². The molecule has 0 spiro atoms. The lowest BCUT2D eigenvalue weighted by Crippen LogP contribution is -2.65. The van der Waals surface area contributed by atoms with Crippen molar-refractivity contribution in [2.75, 3.05) is 13.7 Å². The lowest BCUT2D eigenvalue weighted by atomic mass is 9.89. The minimum atomic E-state index is -2.33. The third-order valence-electron chi connectivity index (χ3n) is 19.7. The van der Waals surface area contributed by atoms with E-state index in [1.54, 1.807) is 0 Å². The summed E-state index contributed by atoms with van der Waals surface area (Å²) in [5.41, 5.74) is -2.43. The summed E-state index contributed by atoms with van der Waals surface area (Å²) in [4.78, 5) is 121. The van der Waals surface area contributed by atoms with E-state index in [9.17, 15) is 70.2 Å². The summed E-state index contributed by atoms with van der Waals surface area (Å²) in [6, 6.07) is 6.57. The Morgan fingerprint density at radius 3 is 1.87 bits per heavy atom. The van der Waals surface area contributed by atoms with E-state index in [0.29, 0.717) is 18.4 Å². The molecule has 33 heteroatoms. The number of benzene rings is 7. The molecule has 0 aromatic heterocycles. The highest BCUT2D eigenvalue weighted by Gasteiger charge is 2.48. The smallest absolute Gasteiger partial charge is 0.330 e. The van der Waals surface area contributed by atoms with Gasteiger partial charge in [-0.25, -0.2) is 4.79 Å². The summed E-state index contributed by atoms with van der Waals surface area (Å²) in [7, 11) is 1.45. The first kappa shape index (κ1) is 78.4. The van der Waals surface area contributed by atoms with Crippen LogP contribution in [0.4, 0.5) is 0 Å². The van der Waals surface area contributed by atoms with Crippen LogP contribution in [-0.2, 0) is 49.5 Å². The normalized spacial score (nSPS) is 23.9. The molecule has 7 amide bonds. The number of phenolic OH excluding ortho intramolecular Hbond substituents is 5. The molecule has 7 aromatic rings. The van der Waals surface area contributed by atoms with Crippen LogP contribution in [0.3, 0.4) is 0 Å². The Morgan fingerprint density at radius 1 is 0.555 bits per heavy atom. The fourth-order valence-corrected chi connectivity index (χ4v) is 14.3. The second-order valence-corrected chi connectivity index (χ2v) is 28.1. The summed E-state index contributed by atoms with van der Waals surface area (Å²) >= 11 is 14.1. The minimum absolute atomic E-state index is 0.0515. The summed E-state index contributed by atoms with van der Waals surface area (Å²) in [6.45, 7) is 1.21. The summed E-state index contributed by atoms with van der Waals surface area (Å²) in [6.07, 6.45) is -1.57. The number of aliphatic carboxylic acids is 1. The summed E-state index contributed by atoms with van der Waals surface area (Å²) in [5.74, 6) is -16.0. The van der Waals surface area contributed by atoms with Crippen LogP contribution in [0, 0.1) is 0 Å². The molecule has 14 rings (SSSR count). The molecule has 7 aliphatic heterocycles. The van der Waals surface area contributed by atoms with Crippen LogP contribution < -0.4 is 61.5 Å². The van der Waals surface area contributed by atoms with E-state index in [0.717, 1.165) is 106 Å². The van der Waals surface area contributed by atoms with Gasteiger partial charge >= 0.3 is 5.97 Å². The van der Waals surface area contributed by atoms with Gasteiger partial charge in [-0.3, -0.25) is 33.6 Å². The maximum Gasteiger partial charge on any atom is 0.330 e. The molecule has 31 nitrogen and oxygen atoms in total. The van der Waals surface area contributed by atoms with Gasteiger partial charge in [-0.15, -0.1) is 0 Å². The predicted octanol–water partition coefficient (Wildman–Crippen LogP) is 6.76. The predicted molar refractivity (Wildman–Crippen MR) is 390 cm³/mol. The standard InChI is InChI=1S/C77H80Cl2N8O23/c1-3-4-5-6-7-8-9-10-11-12-56(94)82-65-68(97)67(96)55(33-88)109-77(65)110-69-53-27-38-28-54(69)108-51-22-17-37(25-45(51)78)66(95)64-75(103)86-63(76(104)105)43-29-39(89)30-49(92)57(43)42-24-35(15-20-47(42)90)60(72(100)87-64)83-73(101)61(38)84-74(102)62-44-31-41(32-50(93)58(44)79)107-52-26-36(16-21-48(52)91)59(80-2)71(99)81-46(70(98)85-62)23-34-13-18-40(106-53)19-14-34/h13-22,24-32,46,55,59-68,77,80,88-93,95-97H,3-12,23,33H2,1-2H3,(H,81,99)(H,82,94)(H,83,101)(H,84,102)(H,85,98)(H,86,103)(H,87,100)(H,104,105)/t46-,55-,59-,60-,61-,62+,63-,64+,65-,66-,67-,68-,77+/m1/s1. The van der Waals surface area contributed by atoms with Crippen molar-refractivity contribution in [1.82, 2.24) is 42.5 Å². The van der Waals surface area contributed by atoms with Gasteiger partial charge in [0.05, 0.1) is 16.7 Å². The second kappa shape index (κ2) is 33.8. The molecule has 0 saturated carbocycles. The Morgan fingerprint density at radius 2 is 1.18 bits per heavy atom. The number of amides is 7. The number of carboxylic acids is 1. The number of carbonyl (C=O) groups is 8. The van der Waals surface area contributed by atoms with Crippen LogP contribution in [0.1, 0.15) is 146 Å². The first-order valence-electron chi connectivity index (χ1n) is 35.5. The number of hydrogen-bond acceptors (Lipinski definition) is 23. The van der Waals surface area contributed by atoms with Gasteiger partial charge in [0.2, 0.25) is 53.4 Å². The fraction of sp³-hybridized carbons (Fsp3) is 0.351. The van der Waals surface area contributed by atoms with Gasteiger partial charge in [0.15, 0.2) is 29.0 Å². The van der Waals surface area contributed by atoms with Crippen LogP contribution in [0.25, 0.3) is 11.1 Å². The third-order valence-corrected chi connectivity index (χ3v) is 20.4. The van der Waals surface area contributed by atoms with Gasteiger partial charge in [-0.1, -0.05) is 112 Å². The molecule has 1 saturated heterocycles. The number of ether oxygens (including phenoxy) is 5. The fourth-order valence-electron chi connectivity index (χ4n) is 13.9. The van der Waals surface area contributed by atoms with Crippen LogP contribution in [-0.4, -0.2) is 155 Å². The number of likely N-dealkylation sites (N-methyl/N-ethyl adjacent to an activating group) is 1. The van der Waals surface area contributed by atoms with Gasteiger partial charge < -0.3 is 117 Å². The van der Waals surface area contributed by atoms with Crippen molar-refractivity contribution in [3.8, 4) is 80.1 Å². The maximum absolute atomic E-state index is 16.4. The second-order valence-electron chi connectivity index (χ2n) is 27.3. The van der Waals surface area contributed by atoms with E-state index in [2.05, 4.69) is 49.5 Å². The topological polar surface area (TPSA) is 481 Å². The summed E-state index contributed by atoms with van der Waals surface area (Å²) in [5, 5.41) is 134. The first-order chi connectivity index (χ1) is 52.7. The zero-order valence-corrected chi connectivity index (χ0v) is 60.5. The van der Waals surface area contributed by atoms with E-state index in [1.165, 1.54) is 61.6 Å². The van der Waals surface area contributed by atoms with Crippen molar-refractivity contribution in [3.05, 3.63) is 164 Å². The average molecular weight is 1560 g/mol. The molecule has 7 aromatic carbocycles. The third kappa shape index (κ3) is 17.0. The van der Waals surface area contributed by atoms with Gasteiger partial charge in [-0.05, 0) is 114 Å². The quantitative estimate of drug-likeness (QED) is 0.0444. The minimum Gasteiger partial charge on any atom is -0.508 e. The van der Waals surface area contributed by atoms with Gasteiger partial charge in [0, 0.05) is 47.2 Å². The number of aliphatic hydroxyl groups is 4. The number of fused-ring (bicyclic) bond motifs is 14. The Balaban J connectivity index is 1.08. The van der Waals surface area contributed by atoms with E-state index < -0.39 is 217 Å². The summed E-state index contributed by atoms with van der Waals surface area (Å²) < 4.78 is 32.6. The number of aliphatic hydroxyl groups excluding tert-OH is 4. The van der Waals surface area contributed by atoms with Gasteiger partial charge in [0.1, 0.15) is 107 Å². The highest BCUT2D eigenvalue weighted by atomic mass is 35.5. The number of carbonyl (C=O) groups excluding carboxylic acids is 7. The zero-order valence-electron chi connectivity index (χ0n) is 59.0. The zero-order chi connectivity index (χ0) is 78.5. The molecule has 0 radical (unpaired) electrons.